The van der Waals surface area contributed by atoms with Crippen molar-refractivity contribution >= 4 is 0 Å². The smallest absolute Gasteiger partial charge is 0.161 e. The van der Waals surface area contributed by atoms with Crippen LogP contribution in [0.3, 0.4) is 0 Å². The summed E-state index contributed by atoms with van der Waals surface area (Å²) in [6, 6.07) is 7.41. The zero-order valence-corrected chi connectivity index (χ0v) is 13.0. The Morgan fingerprint density at radius 1 is 1.30 bits per heavy atom. The first-order valence-corrected chi connectivity index (χ1v) is 6.74. The first-order valence-electron chi connectivity index (χ1n) is 6.74. The summed E-state index contributed by atoms with van der Waals surface area (Å²) < 4.78 is 10.8. The normalized spacial score (nSPS) is 13.3. The fourth-order valence-corrected chi connectivity index (χ4v) is 1.71. The van der Waals surface area contributed by atoms with Crippen molar-refractivity contribution in [3.63, 3.8) is 0 Å². The van der Waals surface area contributed by atoms with Gasteiger partial charge in [0.1, 0.15) is 12.7 Å². The van der Waals surface area contributed by atoms with Gasteiger partial charge in [0.05, 0.1) is 12.8 Å². The molecule has 20 heavy (non-hydrogen) atoms. The number of aliphatic hydroxyl groups is 1. The number of methoxy groups -OCH3 is 1. The number of nitrogens with one attached hydrogen (secondary N) is 1. The Labute approximate surface area is 121 Å². The molecule has 0 amide bonds. The first-order chi connectivity index (χ1) is 9.40. The van der Waals surface area contributed by atoms with Crippen LogP contribution in [0.5, 0.6) is 11.5 Å². The molecule has 1 aromatic rings. The highest BCUT2D eigenvalue weighted by Gasteiger charge is 2.23. The van der Waals surface area contributed by atoms with Gasteiger partial charge in [0.2, 0.25) is 0 Å². The van der Waals surface area contributed by atoms with Gasteiger partial charge in [-0.05, 0) is 40.1 Å². The predicted molar refractivity (Wildman–Crippen MR) is 80.3 cm³/mol. The quantitative estimate of drug-likeness (QED) is 0.704. The molecule has 1 unspecified atom stereocenters. The second kappa shape index (κ2) is 7.47. The highest BCUT2D eigenvalue weighted by molar-refractivity contribution is 5.39. The highest BCUT2D eigenvalue weighted by atomic mass is 16.5. The van der Waals surface area contributed by atoms with Gasteiger partial charge in [-0.1, -0.05) is 12.1 Å². The Morgan fingerprint density at radius 2 is 1.90 bits per heavy atom. The lowest BCUT2D eigenvalue weighted by molar-refractivity contribution is 0.0323. The van der Waals surface area contributed by atoms with Gasteiger partial charge in [-0.15, -0.1) is 0 Å². The van der Waals surface area contributed by atoms with Gasteiger partial charge in [0.25, 0.3) is 0 Å². The molecule has 5 nitrogen and oxygen atoms in total. The lowest BCUT2D eigenvalue weighted by Crippen LogP contribution is -2.53. The zero-order chi connectivity index (χ0) is 15.2. The van der Waals surface area contributed by atoms with Gasteiger partial charge in [-0.2, -0.15) is 0 Å². The van der Waals surface area contributed by atoms with Crippen LogP contribution in [0.2, 0.25) is 0 Å². The molecule has 0 aliphatic carbocycles. The molecule has 0 spiro atoms. The van der Waals surface area contributed by atoms with Gasteiger partial charge in [0.15, 0.2) is 11.5 Å². The largest absolute Gasteiger partial charge is 0.493 e. The van der Waals surface area contributed by atoms with E-state index < -0.39 is 6.10 Å². The Balaban J connectivity index is 2.49. The van der Waals surface area contributed by atoms with Crippen LogP contribution in [0.25, 0.3) is 0 Å². The van der Waals surface area contributed by atoms with E-state index in [1.165, 1.54) is 0 Å². The maximum absolute atomic E-state index is 10.1. The molecule has 2 N–H and O–H groups in total. The number of aliphatic hydroxyl groups excluding tert-OH is 1. The van der Waals surface area contributed by atoms with Crippen molar-refractivity contribution < 1.29 is 14.6 Å². The molecule has 0 saturated carbocycles. The molecular formula is C15H26N2O3. The number of hydrogen-bond donors (Lipinski definition) is 2. The van der Waals surface area contributed by atoms with Gasteiger partial charge in [-0.3, -0.25) is 4.90 Å². The van der Waals surface area contributed by atoms with E-state index in [-0.39, 0.29) is 12.3 Å². The van der Waals surface area contributed by atoms with Crippen molar-refractivity contribution in [1.82, 2.24) is 10.2 Å². The Kier molecular flexibility index (Phi) is 6.26. The van der Waals surface area contributed by atoms with Crippen LogP contribution in [0, 0.1) is 0 Å². The van der Waals surface area contributed by atoms with E-state index in [2.05, 4.69) is 19.2 Å². The fraction of sp³-hybridized carbons (Fsp3) is 0.600. The van der Waals surface area contributed by atoms with E-state index in [4.69, 9.17) is 9.47 Å². The molecule has 1 aromatic carbocycles. The van der Waals surface area contributed by atoms with Crippen molar-refractivity contribution in [1.29, 1.82) is 0 Å². The predicted octanol–water partition coefficient (Wildman–Crippen LogP) is 1.32. The van der Waals surface area contributed by atoms with Crippen LogP contribution < -0.4 is 14.8 Å². The van der Waals surface area contributed by atoms with Gasteiger partial charge >= 0.3 is 0 Å². The molecule has 0 fully saturated rings. The van der Waals surface area contributed by atoms with Crippen LogP contribution in [0.1, 0.15) is 13.8 Å². The summed E-state index contributed by atoms with van der Waals surface area (Å²) >= 11 is 0. The number of ether oxygens (including phenoxy) is 2. The van der Waals surface area contributed by atoms with Gasteiger partial charge < -0.3 is 19.9 Å². The molecule has 114 valence electrons. The SMILES string of the molecule is CNC(C)(C)N(C)CC(O)COc1ccccc1OC. The third-order valence-electron chi connectivity index (χ3n) is 3.55. The van der Waals surface area contributed by atoms with Crippen molar-refractivity contribution in [3.8, 4) is 11.5 Å². The highest BCUT2D eigenvalue weighted by Crippen LogP contribution is 2.25. The molecule has 0 aliphatic rings. The summed E-state index contributed by atoms with van der Waals surface area (Å²) in [5.41, 5.74) is -0.175. The number of nitrogens with zero attached hydrogens (tertiary/aromatic N) is 1. The lowest BCUT2D eigenvalue weighted by atomic mass is 10.2. The number of rotatable bonds is 8. The van der Waals surface area contributed by atoms with E-state index >= 15 is 0 Å². The standard InChI is InChI=1S/C15H26N2O3/c1-15(2,16-3)17(4)10-12(18)11-20-14-9-7-6-8-13(14)19-5/h6-9,12,16,18H,10-11H2,1-5H3. The second-order valence-electron chi connectivity index (χ2n) is 5.31. The minimum absolute atomic E-state index is 0.175. The molecule has 0 bridgehead atoms. The average Bonchev–Trinajstić information content (AvgIpc) is 2.45. The summed E-state index contributed by atoms with van der Waals surface area (Å²) in [6.45, 7) is 4.86. The molecule has 5 heteroatoms. The second-order valence-corrected chi connectivity index (χ2v) is 5.31. The third-order valence-corrected chi connectivity index (χ3v) is 3.55. The fourth-order valence-electron chi connectivity index (χ4n) is 1.71. The van der Waals surface area contributed by atoms with Gasteiger partial charge in [0, 0.05) is 6.54 Å². The summed E-state index contributed by atoms with van der Waals surface area (Å²) in [4.78, 5) is 2.04. The Bertz CT molecular complexity index is 410. The van der Waals surface area contributed by atoms with Crippen LogP contribution in [-0.4, -0.2) is 56.1 Å². The summed E-state index contributed by atoms with van der Waals surface area (Å²) in [5, 5.41) is 13.3. The van der Waals surface area contributed by atoms with Crippen LogP contribution in [-0.2, 0) is 0 Å². The number of hydrogen-bond acceptors (Lipinski definition) is 5. The minimum Gasteiger partial charge on any atom is -0.493 e. The van der Waals surface area contributed by atoms with E-state index in [1.807, 2.05) is 43.3 Å². The van der Waals surface area contributed by atoms with E-state index in [1.54, 1.807) is 7.11 Å². The van der Waals surface area contributed by atoms with Crippen LogP contribution in [0.15, 0.2) is 24.3 Å². The topological polar surface area (TPSA) is 54.0 Å². The van der Waals surface area contributed by atoms with Crippen molar-refractivity contribution in [2.24, 2.45) is 0 Å². The summed E-state index contributed by atoms with van der Waals surface area (Å²) in [6.07, 6.45) is -0.572. The van der Waals surface area contributed by atoms with Crippen LogP contribution in [0.4, 0.5) is 0 Å². The monoisotopic (exact) mass is 282 g/mol. The molecular weight excluding hydrogens is 256 g/mol. The molecule has 0 aromatic heterocycles. The molecule has 1 atom stereocenters. The molecule has 1 rings (SSSR count). The molecule has 0 heterocycles. The molecule has 0 aliphatic heterocycles. The zero-order valence-electron chi connectivity index (χ0n) is 13.0. The van der Waals surface area contributed by atoms with Crippen molar-refractivity contribution in [3.05, 3.63) is 24.3 Å². The minimum atomic E-state index is -0.572. The summed E-state index contributed by atoms with van der Waals surface area (Å²) in [5.74, 6) is 1.31. The van der Waals surface area contributed by atoms with Gasteiger partial charge in [-0.25, -0.2) is 0 Å². The molecule has 0 radical (unpaired) electrons. The Hall–Kier alpha value is -1.30. The maximum Gasteiger partial charge on any atom is 0.161 e. The number of likely N-dealkylation sites (N-methyl/N-ethyl adjacent to an activating group) is 1. The molecule has 0 saturated heterocycles. The summed E-state index contributed by atoms with van der Waals surface area (Å²) in [7, 11) is 5.46. The third kappa shape index (κ3) is 4.67. The van der Waals surface area contributed by atoms with E-state index in [0.29, 0.717) is 18.0 Å². The lowest BCUT2D eigenvalue weighted by Gasteiger charge is -2.36. The van der Waals surface area contributed by atoms with E-state index in [9.17, 15) is 5.11 Å². The maximum atomic E-state index is 10.1. The Morgan fingerprint density at radius 3 is 2.45 bits per heavy atom. The van der Waals surface area contributed by atoms with Crippen molar-refractivity contribution in [2.75, 3.05) is 34.4 Å². The average molecular weight is 282 g/mol. The number of benzene rings is 1. The number of para-hydroxylation sites is 2. The first kappa shape index (κ1) is 16.8. The van der Waals surface area contributed by atoms with Crippen LogP contribution >= 0.6 is 0 Å². The van der Waals surface area contributed by atoms with E-state index in [0.717, 1.165) is 0 Å². The van der Waals surface area contributed by atoms with Crippen molar-refractivity contribution in [2.45, 2.75) is 25.6 Å².